The van der Waals surface area contributed by atoms with Crippen molar-refractivity contribution >= 4 is 23.4 Å². The van der Waals surface area contributed by atoms with Crippen molar-refractivity contribution < 1.29 is 19.8 Å². The van der Waals surface area contributed by atoms with Crippen LogP contribution >= 0.6 is 0 Å². The number of nitrogens with zero attached hydrogens (tertiary/aromatic N) is 2. The van der Waals surface area contributed by atoms with E-state index in [1.807, 2.05) is 31.1 Å². The van der Waals surface area contributed by atoms with E-state index in [1.54, 1.807) is 12.1 Å². The molecule has 0 spiro atoms. The van der Waals surface area contributed by atoms with Gasteiger partial charge in [0, 0.05) is 38.4 Å². The zero-order valence-electron chi connectivity index (χ0n) is 12.0. The van der Waals surface area contributed by atoms with E-state index in [0.717, 1.165) is 10.6 Å². The predicted octanol–water partition coefficient (Wildman–Crippen LogP) is 0.804. The number of aliphatic hydroxyl groups is 1. The topological polar surface area (TPSA) is 93.1 Å². The molecule has 1 fully saturated rings. The maximum Gasteiger partial charge on any atom is 0.326 e. The Labute approximate surface area is 122 Å². The molecule has 2 rings (SSSR count). The molecule has 1 saturated heterocycles. The van der Waals surface area contributed by atoms with E-state index in [0.29, 0.717) is 5.69 Å². The van der Waals surface area contributed by atoms with Gasteiger partial charge in [-0.1, -0.05) is 0 Å². The van der Waals surface area contributed by atoms with E-state index < -0.39 is 24.1 Å². The highest BCUT2D eigenvalue weighted by Gasteiger charge is 2.38. The largest absolute Gasteiger partial charge is 0.480 e. The minimum Gasteiger partial charge on any atom is -0.480 e. The fourth-order valence-corrected chi connectivity index (χ4v) is 2.31. The van der Waals surface area contributed by atoms with Crippen LogP contribution in [0.15, 0.2) is 24.3 Å². The molecule has 1 aromatic carbocycles. The van der Waals surface area contributed by atoms with Gasteiger partial charge in [-0.15, -0.1) is 0 Å². The minimum absolute atomic E-state index is 0.0264. The fraction of sp³-hybridized carbons (Fsp3) is 0.429. The Balaban J connectivity index is 2.05. The minimum atomic E-state index is -1.11. The van der Waals surface area contributed by atoms with E-state index in [-0.39, 0.29) is 13.0 Å². The van der Waals surface area contributed by atoms with Gasteiger partial charge in [-0.25, -0.2) is 9.59 Å². The molecule has 1 aliphatic rings. The molecule has 114 valence electrons. The van der Waals surface area contributed by atoms with Crippen molar-refractivity contribution in [2.75, 3.05) is 30.9 Å². The smallest absolute Gasteiger partial charge is 0.326 e. The molecule has 0 bridgehead atoms. The van der Waals surface area contributed by atoms with E-state index >= 15 is 0 Å². The van der Waals surface area contributed by atoms with Gasteiger partial charge in [-0.05, 0) is 24.3 Å². The van der Waals surface area contributed by atoms with Gasteiger partial charge in [-0.3, -0.25) is 0 Å². The number of anilines is 2. The molecule has 1 aromatic rings. The molecular formula is C14H19N3O4. The van der Waals surface area contributed by atoms with Crippen LogP contribution in [0.25, 0.3) is 0 Å². The van der Waals surface area contributed by atoms with Crippen LogP contribution in [0.1, 0.15) is 6.42 Å². The summed E-state index contributed by atoms with van der Waals surface area (Å²) in [5.74, 6) is -1.11. The molecule has 0 radical (unpaired) electrons. The SMILES string of the molecule is CN(C)c1ccc(NC(=O)N2CC(O)C[C@H]2C(=O)O)cc1. The molecule has 0 saturated carbocycles. The first-order valence-electron chi connectivity index (χ1n) is 6.64. The lowest BCUT2D eigenvalue weighted by atomic mass is 10.2. The number of nitrogens with one attached hydrogen (secondary N) is 1. The number of rotatable bonds is 3. The number of carbonyl (C=O) groups is 2. The van der Waals surface area contributed by atoms with E-state index in [1.165, 1.54) is 0 Å². The number of carbonyl (C=O) groups excluding carboxylic acids is 1. The number of aliphatic carboxylic acids is 1. The third kappa shape index (κ3) is 3.43. The Morgan fingerprint density at radius 3 is 2.43 bits per heavy atom. The van der Waals surface area contributed by atoms with E-state index in [2.05, 4.69) is 5.32 Å². The van der Waals surface area contributed by atoms with Gasteiger partial charge in [0.05, 0.1) is 6.10 Å². The summed E-state index contributed by atoms with van der Waals surface area (Å²) < 4.78 is 0. The van der Waals surface area contributed by atoms with Crippen LogP contribution in [0.3, 0.4) is 0 Å². The highest BCUT2D eigenvalue weighted by Crippen LogP contribution is 2.21. The summed E-state index contributed by atoms with van der Waals surface area (Å²) in [6.45, 7) is 0.0264. The van der Waals surface area contributed by atoms with Crippen molar-refractivity contribution in [2.45, 2.75) is 18.6 Å². The van der Waals surface area contributed by atoms with E-state index in [4.69, 9.17) is 5.11 Å². The highest BCUT2D eigenvalue weighted by atomic mass is 16.4. The zero-order chi connectivity index (χ0) is 15.6. The molecule has 2 atom stereocenters. The van der Waals surface area contributed by atoms with Crippen LogP contribution < -0.4 is 10.2 Å². The van der Waals surface area contributed by atoms with Crippen LogP contribution in [-0.2, 0) is 4.79 Å². The molecule has 7 nitrogen and oxygen atoms in total. The molecule has 7 heteroatoms. The van der Waals surface area contributed by atoms with Crippen molar-refractivity contribution in [3.8, 4) is 0 Å². The summed E-state index contributed by atoms with van der Waals surface area (Å²) >= 11 is 0. The second-order valence-corrected chi connectivity index (χ2v) is 5.27. The number of hydrogen-bond acceptors (Lipinski definition) is 4. The van der Waals surface area contributed by atoms with Gasteiger partial charge in [0.2, 0.25) is 0 Å². The molecule has 2 amide bonds. The average molecular weight is 293 g/mol. The fourth-order valence-electron chi connectivity index (χ4n) is 2.31. The van der Waals surface area contributed by atoms with Crippen molar-refractivity contribution in [3.63, 3.8) is 0 Å². The Morgan fingerprint density at radius 1 is 1.29 bits per heavy atom. The summed E-state index contributed by atoms with van der Waals surface area (Å²) in [6, 6.07) is 5.69. The number of urea groups is 1. The first-order valence-corrected chi connectivity index (χ1v) is 6.64. The lowest BCUT2D eigenvalue weighted by molar-refractivity contribution is -0.141. The molecule has 1 heterocycles. The monoisotopic (exact) mass is 293 g/mol. The number of likely N-dealkylation sites (tertiary alicyclic amines) is 1. The third-order valence-electron chi connectivity index (χ3n) is 3.46. The van der Waals surface area contributed by atoms with Crippen molar-refractivity contribution in [2.24, 2.45) is 0 Å². The van der Waals surface area contributed by atoms with E-state index in [9.17, 15) is 14.7 Å². The summed E-state index contributed by atoms with van der Waals surface area (Å²) in [5.41, 5.74) is 1.57. The van der Waals surface area contributed by atoms with Gasteiger partial charge < -0.3 is 25.3 Å². The Kier molecular flexibility index (Phi) is 4.32. The van der Waals surface area contributed by atoms with Crippen LogP contribution in [0, 0.1) is 0 Å². The summed E-state index contributed by atoms with van der Waals surface area (Å²) in [6.07, 6.45) is -0.740. The maximum atomic E-state index is 12.1. The number of carboxylic acids is 1. The number of carboxylic acid groups (broad SMARTS) is 1. The molecule has 1 unspecified atom stereocenters. The quantitative estimate of drug-likeness (QED) is 0.766. The molecule has 3 N–H and O–H groups in total. The highest BCUT2D eigenvalue weighted by molar-refractivity contribution is 5.93. The van der Waals surface area contributed by atoms with Gasteiger partial charge in [0.25, 0.3) is 0 Å². The number of hydrogen-bond donors (Lipinski definition) is 3. The van der Waals surface area contributed by atoms with Crippen LogP contribution in [0.5, 0.6) is 0 Å². The van der Waals surface area contributed by atoms with Gasteiger partial charge >= 0.3 is 12.0 Å². The van der Waals surface area contributed by atoms with Gasteiger partial charge in [0.1, 0.15) is 6.04 Å². The zero-order valence-corrected chi connectivity index (χ0v) is 12.0. The number of amides is 2. The first-order chi connectivity index (χ1) is 9.88. The molecule has 0 aromatic heterocycles. The number of aliphatic hydroxyl groups excluding tert-OH is 1. The molecular weight excluding hydrogens is 274 g/mol. The summed E-state index contributed by atoms with van der Waals surface area (Å²) in [7, 11) is 3.83. The normalized spacial score (nSPS) is 21.2. The predicted molar refractivity (Wildman–Crippen MR) is 78.5 cm³/mol. The Morgan fingerprint density at radius 2 is 1.90 bits per heavy atom. The first kappa shape index (κ1) is 15.1. The van der Waals surface area contributed by atoms with Gasteiger partial charge in [0.15, 0.2) is 0 Å². The Hall–Kier alpha value is -2.28. The van der Waals surface area contributed by atoms with Gasteiger partial charge in [-0.2, -0.15) is 0 Å². The summed E-state index contributed by atoms with van der Waals surface area (Å²) in [4.78, 5) is 26.3. The van der Waals surface area contributed by atoms with Crippen LogP contribution in [0.2, 0.25) is 0 Å². The maximum absolute atomic E-state index is 12.1. The lowest BCUT2D eigenvalue weighted by Gasteiger charge is -2.21. The molecule has 0 aliphatic carbocycles. The van der Waals surface area contributed by atoms with Crippen molar-refractivity contribution in [1.29, 1.82) is 0 Å². The van der Waals surface area contributed by atoms with Crippen LogP contribution in [-0.4, -0.2) is 59.9 Å². The lowest BCUT2D eigenvalue weighted by Crippen LogP contribution is -2.43. The molecule has 21 heavy (non-hydrogen) atoms. The molecule has 1 aliphatic heterocycles. The van der Waals surface area contributed by atoms with Crippen molar-refractivity contribution in [3.05, 3.63) is 24.3 Å². The van der Waals surface area contributed by atoms with Crippen molar-refractivity contribution in [1.82, 2.24) is 4.90 Å². The van der Waals surface area contributed by atoms with Crippen LogP contribution in [0.4, 0.5) is 16.2 Å². The Bertz CT molecular complexity index is 530. The second-order valence-electron chi connectivity index (χ2n) is 5.27. The second kappa shape index (κ2) is 6.01. The number of β-amino-alcohol motifs (C(OH)–C–C–N with tert-alkyl or cyclic N) is 1. The summed E-state index contributed by atoms with van der Waals surface area (Å²) in [5, 5.41) is 21.3. The number of benzene rings is 1. The standard InChI is InChI=1S/C14H19N3O4/c1-16(2)10-5-3-9(4-6-10)15-14(21)17-8-11(18)7-12(17)13(19)20/h3-6,11-12,18H,7-8H2,1-2H3,(H,15,21)(H,19,20)/t11?,12-/m0/s1. The third-order valence-corrected chi connectivity index (χ3v) is 3.46. The average Bonchev–Trinajstić information content (AvgIpc) is 2.82.